The molecule has 0 aliphatic rings. The molecule has 3 aromatic rings. The van der Waals surface area contributed by atoms with Crippen LogP contribution in [0.3, 0.4) is 0 Å². The number of carbonyl (C=O) groups excluding carboxylic acids is 1. The first-order valence-electron chi connectivity index (χ1n) is 8.86. The van der Waals surface area contributed by atoms with Crippen LogP contribution in [0.5, 0.6) is 0 Å². The Morgan fingerprint density at radius 2 is 1.86 bits per heavy atom. The lowest BCUT2D eigenvalue weighted by molar-refractivity contribution is -0.115. The van der Waals surface area contributed by atoms with E-state index in [1.807, 2.05) is 24.6 Å². The summed E-state index contributed by atoms with van der Waals surface area (Å²) in [5.41, 5.74) is 3.77. The number of hydrogen-bond acceptors (Lipinski definition) is 5. The Kier molecular flexibility index (Phi) is 6.11. The number of amides is 1. The Morgan fingerprint density at radius 1 is 1.17 bits per heavy atom. The van der Waals surface area contributed by atoms with Crippen LogP contribution in [-0.2, 0) is 14.8 Å². The van der Waals surface area contributed by atoms with Gasteiger partial charge in [0.2, 0.25) is 15.9 Å². The number of aromatic nitrogens is 2. The topological polar surface area (TPSA) is 107 Å². The number of benzene rings is 2. The Balaban J connectivity index is 1.73. The van der Waals surface area contributed by atoms with Crippen molar-refractivity contribution in [3.63, 3.8) is 0 Å². The van der Waals surface area contributed by atoms with Gasteiger partial charge in [-0.2, -0.15) is 0 Å². The highest BCUT2D eigenvalue weighted by molar-refractivity contribution is 8.00. The van der Waals surface area contributed by atoms with E-state index in [-0.39, 0.29) is 10.8 Å². The zero-order valence-corrected chi connectivity index (χ0v) is 17.9. The number of hydrogen-bond donors (Lipinski definition) is 2. The number of carbonyl (C=O) groups is 1. The maximum Gasteiger partial charge on any atom is 0.238 e. The molecule has 1 unspecified atom stereocenters. The standard InChI is InChI=1S/C20H22N4O3S2/c1-13-4-5-14(2)18(12-13)24-11-10-22-20(24)28-15(3)19(25)23-16-6-8-17(9-7-16)29(21,26)27/h4-12,15H,1-3H3,(H,23,25)(H2,21,26,27). The number of sulfonamides is 1. The van der Waals surface area contributed by atoms with Crippen molar-refractivity contribution in [2.45, 2.75) is 36.1 Å². The lowest BCUT2D eigenvalue weighted by atomic mass is 10.1. The van der Waals surface area contributed by atoms with E-state index < -0.39 is 15.3 Å². The molecule has 2 aromatic carbocycles. The maximum absolute atomic E-state index is 12.6. The second-order valence-corrected chi connectivity index (χ2v) is 9.56. The van der Waals surface area contributed by atoms with Gasteiger partial charge in [0.05, 0.1) is 15.8 Å². The first kappa shape index (κ1) is 21.1. The Bertz CT molecular complexity index is 1140. The van der Waals surface area contributed by atoms with E-state index in [1.165, 1.54) is 36.0 Å². The first-order chi connectivity index (χ1) is 13.6. The third-order valence-electron chi connectivity index (χ3n) is 4.33. The molecule has 1 heterocycles. The number of primary sulfonamides is 1. The molecule has 0 spiro atoms. The number of nitrogens with two attached hydrogens (primary N) is 1. The van der Waals surface area contributed by atoms with Crippen molar-refractivity contribution in [2.24, 2.45) is 5.14 Å². The first-order valence-corrected chi connectivity index (χ1v) is 11.3. The molecule has 1 amide bonds. The van der Waals surface area contributed by atoms with E-state index in [2.05, 4.69) is 28.5 Å². The SMILES string of the molecule is Cc1ccc(C)c(-n2ccnc2SC(C)C(=O)Nc2ccc(S(N)(=O)=O)cc2)c1. The molecule has 152 valence electrons. The fourth-order valence-corrected chi connectivity index (χ4v) is 4.11. The van der Waals surface area contributed by atoms with Crippen LogP contribution in [0, 0.1) is 13.8 Å². The number of thioether (sulfide) groups is 1. The second kappa shape index (κ2) is 8.40. The van der Waals surface area contributed by atoms with Crippen LogP contribution in [0.2, 0.25) is 0 Å². The van der Waals surface area contributed by atoms with E-state index in [9.17, 15) is 13.2 Å². The highest BCUT2D eigenvalue weighted by Crippen LogP contribution is 2.27. The molecule has 0 aliphatic heterocycles. The van der Waals surface area contributed by atoms with Gasteiger partial charge in [-0.1, -0.05) is 23.9 Å². The maximum atomic E-state index is 12.6. The van der Waals surface area contributed by atoms with E-state index in [1.54, 1.807) is 13.1 Å². The summed E-state index contributed by atoms with van der Waals surface area (Å²) in [6, 6.07) is 11.9. The highest BCUT2D eigenvalue weighted by Gasteiger charge is 2.19. The molecule has 0 bridgehead atoms. The number of anilines is 1. The average Bonchev–Trinajstić information content (AvgIpc) is 3.11. The van der Waals surface area contributed by atoms with Gasteiger partial charge in [0.1, 0.15) is 0 Å². The van der Waals surface area contributed by atoms with Gasteiger partial charge in [-0.25, -0.2) is 18.5 Å². The van der Waals surface area contributed by atoms with E-state index in [4.69, 9.17) is 5.14 Å². The molecular weight excluding hydrogens is 408 g/mol. The van der Waals surface area contributed by atoms with Crippen molar-refractivity contribution < 1.29 is 13.2 Å². The fourth-order valence-electron chi connectivity index (χ4n) is 2.72. The monoisotopic (exact) mass is 430 g/mol. The minimum absolute atomic E-state index is 0.00604. The van der Waals surface area contributed by atoms with Crippen LogP contribution in [-0.4, -0.2) is 29.1 Å². The molecule has 1 atom stereocenters. The summed E-state index contributed by atoms with van der Waals surface area (Å²) in [5.74, 6) is -0.214. The number of aryl methyl sites for hydroxylation is 2. The number of nitrogens with zero attached hydrogens (tertiary/aromatic N) is 2. The fraction of sp³-hybridized carbons (Fsp3) is 0.200. The summed E-state index contributed by atoms with van der Waals surface area (Å²) in [6.45, 7) is 5.86. The number of imidazole rings is 1. The molecule has 3 rings (SSSR count). The Morgan fingerprint density at radius 3 is 2.52 bits per heavy atom. The molecule has 1 aromatic heterocycles. The van der Waals surface area contributed by atoms with E-state index >= 15 is 0 Å². The van der Waals surface area contributed by atoms with Gasteiger partial charge in [-0.15, -0.1) is 0 Å². The number of rotatable bonds is 6. The minimum Gasteiger partial charge on any atom is -0.325 e. The van der Waals surface area contributed by atoms with Crippen LogP contribution < -0.4 is 10.5 Å². The lowest BCUT2D eigenvalue weighted by Gasteiger charge is -2.15. The molecule has 0 aliphatic carbocycles. The summed E-state index contributed by atoms with van der Waals surface area (Å²) in [5, 5.41) is 8.16. The summed E-state index contributed by atoms with van der Waals surface area (Å²) in [4.78, 5) is 17.0. The van der Waals surface area contributed by atoms with Gasteiger partial charge in [-0.3, -0.25) is 9.36 Å². The molecule has 0 fully saturated rings. The normalized spacial score (nSPS) is 12.6. The van der Waals surface area contributed by atoms with Crippen molar-refractivity contribution in [1.82, 2.24) is 9.55 Å². The van der Waals surface area contributed by atoms with Gasteiger partial charge in [0, 0.05) is 18.1 Å². The van der Waals surface area contributed by atoms with Gasteiger partial charge < -0.3 is 5.32 Å². The van der Waals surface area contributed by atoms with E-state index in [0.717, 1.165) is 16.8 Å². The predicted molar refractivity (Wildman–Crippen MR) is 115 cm³/mol. The smallest absolute Gasteiger partial charge is 0.238 e. The quantitative estimate of drug-likeness (QED) is 0.584. The molecule has 0 radical (unpaired) electrons. The zero-order valence-electron chi connectivity index (χ0n) is 16.3. The minimum atomic E-state index is -3.76. The highest BCUT2D eigenvalue weighted by atomic mass is 32.2. The van der Waals surface area contributed by atoms with Crippen molar-refractivity contribution in [2.75, 3.05) is 5.32 Å². The van der Waals surface area contributed by atoms with Crippen molar-refractivity contribution in [1.29, 1.82) is 0 Å². The largest absolute Gasteiger partial charge is 0.325 e. The van der Waals surface area contributed by atoms with Crippen molar-refractivity contribution >= 4 is 33.4 Å². The van der Waals surface area contributed by atoms with Crippen LogP contribution in [0.15, 0.2) is 64.9 Å². The molecule has 3 N–H and O–H groups in total. The van der Waals surface area contributed by atoms with Crippen LogP contribution in [0.25, 0.3) is 5.69 Å². The van der Waals surface area contributed by atoms with Crippen molar-refractivity contribution in [3.05, 3.63) is 66.0 Å². The van der Waals surface area contributed by atoms with Crippen LogP contribution >= 0.6 is 11.8 Å². The molecule has 0 saturated carbocycles. The summed E-state index contributed by atoms with van der Waals surface area (Å²) in [6.07, 6.45) is 3.58. The zero-order chi connectivity index (χ0) is 21.2. The summed E-state index contributed by atoms with van der Waals surface area (Å²) < 4.78 is 24.6. The van der Waals surface area contributed by atoms with E-state index in [0.29, 0.717) is 10.8 Å². The van der Waals surface area contributed by atoms with Gasteiger partial charge in [-0.05, 0) is 62.2 Å². The van der Waals surface area contributed by atoms with Gasteiger partial charge in [0.15, 0.2) is 5.16 Å². The Hall–Kier alpha value is -2.62. The Labute approximate surface area is 174 Å². The molecule has 0 saturated heterocycles. The lowest BCUT2D eigenvalue weighted by Crippen LogP contribution is -2.23. The second-order valence-electron chi connectivity index (χ2n) is 6.69. The number of nitrogens with one attached hydrogen (secondary N) is 1. The van der Waals surface area contributed by atoms with Crippen LogP contribution in [0.1, 0.15) is 18.1 Å². The third-order valence-corrected chi connectivity index (χ3v) is 6.34. The van der Waals surface area contributed by atoms with Gasteiger partial charge >= 0.3 is 0 Å². The molecule has 29 heavy (non-hydrogen) atoms. The van der Waals surface area contributed by atoms with Crippen molar-refractivity contribution in [3.8, 4) is 5.69 Å². The summed E-state index contributed by atoms with van der Waals surface area (Å²) >= 11 is 1.34. The third kappa shape index (κ3) is 5.06. The predicted octanol–water partition coefficient (Wildman–Crippen LogP) is 3.26. The summed E-state index contributed by atoms with van der Waals surface area (Å²) in [7, 11) is -3.76. The molecule has 7 nitrogen and oxygen atoms in total. The molecule has 9 heteroatoms. The van der Waals surface area contributed by atoms with Crippen LogP contribution in [0.4, 0.5) is 5.69 Å². The average molecular weight is 431 g/mol. The van der Waals surface area contributed by atoms with Gasteiger partial charge in [0.25, 0.3) is 0 Å². The molecular formula is C20H22N4O3S2.